The molecule has 0 fully saturated rings. The topological polar surface area (TPSA) is 38.1 Å². The Kier molecular flexibility index (Phi) is 4.06. The molecular formula is C14H16BrFN2O. The Morgan fingerprint density at radius 2 is 2.11 bits per heavy atom. The second-order valence-electron chi connectivity index (χ2n) is 4.70. The van der Waals surface area contributed by atoms with Crippen molar-refractivity contribution in [2.45, 2.75) is 26.4 Å². The van der Waals surface area contributed by atoms with Gasteiger partial charge >= 0.3 is 0 Å². The largest absolute Gasteiger partial charge is 0.388 e. The molecule has 1 unspecified atom stereocenters. The second kappa shape index (κ2) is 5.43. The molecule has 1 aromatic heterocycles. The van der Waals surface area contributed by atoms with Gasteiger partial charge in [-0.2, -0.15) is 5.10 Å². The monoisotopic (exact) mass is 326 g/mol. The lowest BCUT2D eigenvalue weighted by Crippen LogP contribution is -2.07. The number of rotatable bonds is 3. The van der Waals surface area contributed by atoms with E-state index in [-0.39, 0.29) is 5.82 Å². The van der Waals surface area contributed by atoms with E-state index in [1.807, 2.05) is 14.0 Å². The summed E-state index contributed by atoms with van der Waals surface area (Å²) in [5.41, 5.74) is 3.06. The van der Waals surface area contributed by atoms with Crippen molar-refractivity contribution in [2.75, 3.05) is 0 Å². The molecule has 0 radical (unpaired) electrons. The molecule has 1 heterocycles. The highest BCUT2D eigenvalue weighted by atomic mass is 79.9. The van der Waals surface area contributed by atoms with Crippen LogP contribution in [-0.2, 0) is 13.5 Å². The van der Waals surface area contributed by atoms with Crippen molar-refractivity contribution >= 4 is 15.9 Å². The van der Waals surface area contributed by atoms with Crippen molar-refractivity contribution in [3.8, 4) is 0 Å². The SMILES string of the molecule is Cc1cc(C(O)Cc2c(Br)c(C)nn2C)ccc1F. The molecule has 1 N–H and O–H groups in total. The number of aromatic nitrogens is 2. The zero-order chi connectivity index (χ0) is 14.2. The van der Waals surface area contributed by atoms with Gasteiger partial charge in [0.2, 0.25) is 0 Å². The number of hydrogen-bond donors (Lipinski definition) is 1. The van der Waals surface area contributed by atoms with E-state index in [0.717, 1.165) is 15.9 Å². The van der Waals surface area contributed by atoms with Crippen LogP contribution in [0.3, 0.4) is 0 Å². The minimum atomic E-state index is -0.676. The molecule has 1 atom stereocenters. The zero-order valence-electron chi connectivity index (χ0n) is 11.1. The third kappa shape index (κ3) is 2.87. The number of aliphatic hydroxyl groups is 1. The zero-order valence-corrected chi connectivity index (χ0v) is 12.7. The van der Waals surface area contributed by atoms with E-state index in [1.165, 1.54) is 6.07 Å². The van der Waals surface area contributed by atoms with Gasteiger partial charge in [-0.3, -0.25) is 4.68 Å². The van der Waals surface area contributed by atoms with Gasteiger partial charge < -0.3 is 5.11 Å². The van der Waals surface area contributed by atoms with Gasteiger partial charge in [-0.1, -0.05) is 12.1 Å². The normalized spacial score (nSPS) is 12.7. The quantitative estimate of drug-likeness (QED) is 0.940. The molecule has 5 heteroatoms. The van der Waals surface area contributed by atoms with Crippen LogP contribution >= 0.6 is 15.9 Å². The molecule has 0 aliphatic carbocycles. The highest BCUT2D eigenvalue weighted by molar-refractivity contribution is 9.10. The minimum absolute atomic E-state index is 0.256. The van der Waals surface area contributed by atoms with Crippen LogP contribution < -0.4 is 0 Å². The van der Waals surface area contributed by atoms with Crippen LogP contribution in [0, 0.1) is 19.7 Å². The molecule has 1 aromatic carbocycles. The number of hydrogen-bond acceptors (Lipinski definition) is 2. The first-order valence-corrected chi connectivity index (χ1v) is 6.81. The van der Waals surface area contributed by atoms with Crippen molar-refractivity contribution < 1.29 is 9.50 Å². The number of aliphatic hydroxyl groups excluding tert-OH is 1. The molecule has 0 spiro atoms. The molecular weight excluding hydrogens is 311 g/mol. The fourth-order valence-corrected chi connectivity index (χ4v) is 2.58. The third-order valence-corrected chi connectivity index (χ3v) is 4.25. The smallest absolute Gasteiger partial charge is 0.126 e. The molecule has 102 valence electrons. The predicted molar refractivity (Wildman–Crippen MR) is 75.4 cm³/mol. The Balaban J connectivity index is 2.25. The van der Waals surface area contributed by atoms with Gasteiger partial charge in [0.05, 0.1) is 22.0 Å². The maximum Gasteiger partial charge on any atom is 0.126 e. The second-order valence-corrected chi connectivity index (χ2v) is 5.49. The highest BCUT2D eigenvalue weighted by Crippen LogP contribution is 2.26. The van der Waals surface area contributed by atoms with Crippen molar-refractivity contribution in [2.24, 2.45) is 7.05 Å². The number of nitrogens with zero attached hydrogens (tertiary/aromatic N) is 2. The van der Waals surface area contributed by atoms with Crippen molar-refractivity contribution in [1.29, 1.82) is 0 Å². The average Bonchev–Trinajstić information content (AvgIpc) is 2.59. The lowest BCUT2D eigenvalue weighted by Gasteiger charge is -2.12. The molecule has 0 saturated heterocycles. The van der Waals surface area contributed by atoms with Crippen molar-refractivity contribution in [3.05, 3.63) is 51.0 Å². The van der Waals surface area contributed by atoms with Crippen molar-refractivity contribution in [3.63, 3.8) is 0 Å². The summed E-state index contributed by atoms with van der Waals surface area (Å²) in [5, 5.41) is 14.6. The van der Waals surface area contributed by atoms with E-state index in [9.17, 15) is 9.50 Å². The maximum absolute atomic E-state index is 13.2. The Morgan fingerprint density at radius 1 is 1.42 bits per heavy atom. The van der Waals surface area contributed by atoms with Crippen LogP contribution in [-0.4, -0.2) is 14.9 Å². The van der Waals surface area contributed by atoms with Crippen LogP contribution in [0.15, 0.2) is 22.7 Å². The van der Waals surface area contributed by atoms with Gasteiger partial charge in [0.25, 0.3) is 0 Å². The summed E-state index contributed by atoms with van der Waals surface area (Å²) in [6, 6.07) is 4.68. The van der Waals surface area contributed by atoms with Crippen molar-refractivity contribution in [1.82, 2.24) is 9.78 Å². The average molecular weight is 327 g/mol. The Hall–Kier alpha value is -1.20. The molecule has 3 nitrogen and oxygen atoms in total. The number of halogens is 2. The van der Waals surface area contributed by atoms with Crippen LogP contribution in [0.25, 0.3) is 0 Å². The maximum atomic E-state index is 13.2. The fourth-order valence-electron chi connectivity index (χ4n) is 2.08. The lowest BCUT2D eigenvalue weighted by molar-refractivity contribution is 0.175. The summed E-state index contributed by atoms with van der Waals surface area (Å²) in [6.07, 6.45) is -0.242. The summed E-state index contributed by atoms with van der Waals surface area (Å²) < 4.78 is 15.9. The summed E-state index contributed by atoms with van der Waals surface area (Å²) >= 11 is 3.47. The van der Waals surface area contributed by atoms with Crippen LogP contribution in [0.4, 0.5) is 4.39 Å². The molecule has 0 aliphatic rings. The van der Waals surface area contributed by atoms with Crippen LogP contribution in [0.5, 0.6) is 0 Å². The molecule has 0 saturated carbocycles. The van der Waals surface area contributed by atoms with Gasteiger partial charge in [0.15, 0.2) is 0 Å². The Labute approximate surface area is 120 Å². The summed E-state index contributed by atoms with van der Waals surface area (Å²) in [4.78, 5) is 0. The van der Waals surface area contributed by atoms with Gasteiger partial charge in [-0.05, 0) is 47.0 Å². The van der Waals surface area contributed by atoms with Gasteiger partial charge in [-0.15, -0.1) is 0 Å². The van der Waals surface area contributed by atoms with Crippen LogP contribution in [0.2, 0.25) is 0 Å². The first-order chi connectivity index (χ1) is 8.90. The standard InChI is InChI=1S/C14H16BrFN2O/c1-8-6-10(4-5-11(8)16)13(19)7-12-14(15)9(2)17-18(12)3/h4-6,13,19H,7H2,1-3H3. The van der Waals surface area contributed by atoms with Crippen LogP contribution in [0.1, 0.15) is 28.6 Å². The molecule has 2 rings (SSSR count). The van der Waals surface area contributed by atoms with E-state index in [0.29, 0.717) is 17.5 Å². The Morgan fingerprint density at radius 3 is 2.63 bits per heavy atom. The molecule has 0 aliphatic heterocycles. The molecule has 19 heavy (non-hydrogen) atoms. The van der Waals surface area contributed by atoms with Gasteiger partial charge in [0.1, 0.15) is 5.82 Å². The van der Waals surface area contributed by atoms with Gasteiger partial charge in [0, 0.05) is 13.5 Å². The number of benzene rings is 1. The van der Waals surface area contributed by atoms with E-state index in [1.54, 1.807) is 23.7 Å². The lowest BCUT2D eigenvalue weighted by atomic mass is 10.0. The molecule has 2 aromatic rings. The first kappa shape index (κ1) is 14.2. The van der Waals surface area contributed by atoms with E-state index in [4.69, 9.17) is 0 Å². The first-order valence-electron chi connectivity index (χ1n) is 6.02. The molecule has 0 bridgehead atoms. The Bertz CT molecular complexity index is 610. The highest BCUT2D eigenvalue weighted by Gasteiger charge is 2.16. The minimum Gasteiger partial charge on any atom is -0.388 e. The predicted octanol–water partition coefficient (Wildman–Crippen LogP) is 3.21. The van der Waals surface area contributed by atoms with E-state index >= 15 is 0 Å². The summed E-state index contributed by atoms with van der Waals surface area (Å²) in [7, 11) is 1.84. The van der Waals surface area contributed by atoms with E-state index in [2.05, 4.69) is 21.0 Å². The molecule has 0 amide bonds. The van der Waals surface area contributed by atoms with Gasteiger partial charge in [-0.25, -0.2) is 4.39 Å². The summed E-state index contributed by atoms with van der Waals surface area (Å²) in [6.45, 7) is 3.59. The van der Waals surface area contributed by atoms with E-state index < -0.39 is 6.10 Å². The fraction of sp³-hybridized carbons (Fsp3) is 0.357. The summed E-state index contributed by atoms with van der Waals surface area (Å²) in [5.74, 6) is -0.256. The number of aryl methyl sites for hydroxylation is 3. The third-order valence-electron chi connectivity index (χ3n) is 3.22.